The molecule has 0 aromatic carbocycles. The van der Waals surface area contributed by atoms with Gasteiger partial charge in [0.25, 0.3) is 0 Å². The molecular weight excluding hydrogens is 250 g/mol. The van der Waals surface area contributed by atoms with Crippen LogP contribution in [0, 0.1) is 5.92 Å². The van der Waals surface area contributed by atoms with Crippen LogP contribution < -0.4 is 5.32 Å². The molecule has 0 fully saturated rings. The van der Waals surface area contributed by atoms with Crippen molar-refractivity contribution >= 4 is 0 Å². The second kappa shape index (κ2) is 10.6. The third-order valence-corrected chi connectivity index (χ3v) is 3.62. The van der Waals surface area contributed by atoms with E-state index < -0.39 is 0 Å². The average Bonchev–Trinajstić information content (AvgIpc) is 2.39. The highest BCUT2D eigenvalue weighted by molar-refractivity contribution is 4.83. The van der Waals surface area contributed by atoms with E-state index in [2.05, 4.69) is 56.9 Å². The van der Waals surface area contributed by atoms with Crippen molar-refractivity contribution in [3.8, 4) is 0 Å². The van der Waals surface area contributed by atoms with Gasteiger partial charge in [0.2, 0.25) is 0 Å². The molecule has 0 rings (SSSR count). The maximum absolute atomic E-state index is 9.64. The first kappa shape index (κ1) is 19.8. The van der Waals surface area contributed by atoms with Crippen molar-refractivity contribution < 1.29 is 5.11 Å². The Bertz CT molecular complexity index is 234. The summed E-state index contributed by atoms with van der Waals surface area (Å²) in [4.78, 5) is 4.75. The summed E-state index contributed by atoms with van der Waals surface area (Å²) in [6, 6.07) is 0. The van der Waals surface area contributed by atoms with Gasteiger partial charge in [0.05, 0.1) is 6.61 Å². The van der Waals surface area contributed by atoms with Crippen LogP contribution in [0.25, 0.3) is 0 Å². The summed E-state index contributed by atoms with van der Waals surface area (Å²) in [5.41, 5.74) is -0.149. The Kier molecular flexibility index (Phi) is 10.5. The Balaban J connectivity index is 4.32. The Morgan fingerprint density at radius 1 is 1.15 bits per heavy atom. The van der Waals surface area contributed by atoms with E-state index in [0.29, 0.717) is 5.92 Å². The zero-order valence-corrected chi connectivity index (χ0v) is 14.6. The predicted molar refractivity (Wildman–Crippen MR) is 88.2 cm³/mol. The van der Waals surface area contributed by atoms with E-state index in [1.54, 1.807) is 0 Å². The minimum absolute atomic E-state index is 0.149. The molecule has 0 radical (unpaired) electrons. The van der Waals surface area contributed by atoms with Gasteiger partial charge in [-0.25, -0.2) is 0 Å². The highest BCUT2D eigenvalue weighted by Gasteiger charge is 2.23. The molecule has 0 spiro atoms. The van der Waals surface area contributed by atoms with E-state index >= 15 is 0 Å². The maximum atomic E-state index is 9.64. The van der Waals surface area contributed by atoms with Gasteiger partial charge in [0, 0.05) is 31.7 Å². The Labute approximate surface area is 126 Å². The van der Waals surface area contributed by atoms with Crippen LogP contribution in [-0.2, 0) is 0 Å². The monoisotopic (exact) mass is 287 g/mol. The summed E-state index contributed by atoms with van der Waals surface area (Å²) in [6.45, 7) is 14.4. The molecule has 0 aromatic rings. The number of nitrogens with one attached hydrogen (secondary N) is 1. The van der Waals surface area contributed by atoms with E-state index in [9.17, 15) is 5.11 Å². The minimum atomic E-state index is -0.149. The lowest BCUT2D eigenvalue weighted by molar-refractivity contribution is 0.137. The largest absolute Gasteiger partial charge is 0.394 e. The summed E-state index contributed by atoms with van der Waals surface area (Å²) in [6.07, 6.45) is 2.09. The molecule has 1 unspecified atom stereocenters. The van der Waals surface area contributed by atoms with E-state index in [4.69, 9.17) is 0 Å². The predicted octanol–water partition coefficient (Wildman–Crippen LogP) is 1.65. The van der Waals surface area contributed by atoms with Gasteiger partial charge in [-0.2, -0.15) is 0 Å². The molecule has 0 aromatic heterocycles. The Hall–Kier alpha value is -0.160. The number of hydrogen-bond donors (Lipinski definition) is 2. The number of nitrogens with zero attached hydrogens (tertiary/aromatic N) is 2. The van der Waals surface area contributed by atoms with Gasteiger partial charge in [0.15, 0.2) is 0 Å². The van der Waals surface area contributed by atoms with Crippen LogP contribution in [0.2, 0.25) is 0 Å². The van der Waals surface area contributed by atoms with Crippen LogP contribution in [0.4, 0.5) is 0 Å². The molecule has 0 saturated carbocycles. The summed E-state index contributed by atoms with van der Waals surface area (Å²) in [7, 11) is 4.24. The summed E-state index contributed by atoms with van der Waals surface area (Å²) in [5, 5.41) is 13.1. The number of aliphatic hydroxyl groups excluding tert-OH is 1. The van der Waals surface area contributed by atoms with Gasteiger partial charge in [0.1, 0.15) is 0 Å². The minimum Gasteiger partial charge on any atom is -0.394 e. The van der Waals surface area contributed by atoms with Crippen molar-refractivity contribution in [3.05, 3.63) is 0 Å². The highest BCUT2D eigenvalue weighted by atomic mass is 16.3. The van der Waals surface area contributed by atoms with E-state index in [1.807, 2.05) is 0 Å². The van der Waals surface area contributed by atoms with Crippen LogP contribution in [0.5, 0.6) is 0 Å². The average molecular weight is 287 g/mol. The molecule has 2 N–H and O–H groups in total. The number of likely N-dealkylation sites (N-methyl/N-ethyl adjacent to an activating group) is 1. The molecule has 4 nitrogen and oxygen atoms in total. The number of hydrogen-bond acceptors (Lipinski definition) is 4. The fraction of sp³-hybridized carbons (Fsp3) is 1.00. The lowest BCUT2D eigenvalue weighted by Gasteiger charge is -2.33. The molecular formula is C16H37N3O. The summed E-state index contributed by atoms with van der Waals surface area (Å²) in [5.74, 6) is 0.682. The van der Waals surface area contributed by atoms with Crippen LogP contribution in [0.1, 0.15) is 40.5 Å². The van der Waals surface area contributed by atoms with Gasteiger partial charge in [-0.1, -0.05) is 20.8 Å². The summed E-state index contributed by atoms with van der Waals surface area (Å²) >= 11 is 0. The van der Waals surface area contributed by atoms with Crippen LogP contribution in [-0.4, -0.2) is 73.9 Å². The third kappa shape index (κ3) is 9.70. The quantitative estimate of drug-likeness (QED) is 0.572. The molecule has 0 aliphatic rings. The lowest BCUT2D eigenvalue weighted by Crippen LogP contribution is -2.49. The molecule has 0 aliphatic heterocycles. The van der Waals surface area contributed by atoms with Crippen molar-refractivity contribution in [1.82, 2.24) is 15.1 Å². The normalized spacial score (nSPS) is 15.3. The van der Waals surface area contributed by atoms with Gasteiger partial charge in [-0.05, 0) is 46.3 Å². The molecule has 20 heavy (non-hydrogen) atoms. The second-order valence-electron chi connectivity index (χ2n) is 6.89. The van der Waals surface area contributed by atoms with E-state index in [0.717, 1.165) is 45.6 Å². The highest BCUT2D eigenvalue weighted by Crippen LogP contribution is 2.11. The first-order valence-corrected chi connectivity index (χ1v) is 8.06. The van der Waals surface area contributed by atoms with E-state index in [1.165, 1.54) is 0 Å². The Morgan fingerprint density at radius 3 is 2.25 bits per heavy atom. The lowest BCUT2D eigenvalue weighted by atomic mass is 9.98. The van der Waals surface area contributed by atoms with Crippen LogP contribution in [0.15, 0.2) is 0 Å². The first-order chi connectivity index (χ1) is 9.33. The molecule has 0 amide bonds. The van der Waals surface area contributed by atoms with Crippen molar-refractivity contribution in [3.63, 3.8) is 0 Å². The molecule has 4 heteroatoms. The first-order valence-electron chi connectivity index (χ1n) is 8.06. The topological polar surface area (TPSA) is 38.7 Å². The van der Waals surface area contributed by atoms with Crippen molar-refractivity contribution in [2.45, 2.75) is 46.1 Å². The number of aliphatic hydroxyl groups is 1. The van der Waals surface area contributed by atoms with Crippen LogP contribution in [0.3, 0.4) is 0 Å². The summed E-state index contributed by atoms with van der Waals surface area (Å²) < 4.78 is 0. The van der Waals surface area contributed by atoms with Gasteiger partial charge in [-0.15, -0.1) is 0 Å². The standard InChI is InChI=1S/C16H37N3O/c1-7-9-17-16(4,14-20)8-10-19(13-15(2)3)12-11-18(5)6/h15,17,20H,7-14H2,1-6H3. The van der Waals surface area contributed by atoms with Crippen molar-refractivity contribution in [1.29, 1.82) is 0 Å². The maximum Gasteiger partial charge on any atom is 0.0611 e. The zero-order valence-electron chi connectivity index (χ0n) is 14.6. The molecule has 0 aliphatic carbocycles. The van der Waals surface area contributed by atoms with Gasteiger partial charge >= 0.3 is 0 Å². The zero-order chi connectivity index (χ0) is 15.6. The SMILES string of the molecule is CCCNC(C)(CO)CCN(CCN(C)C)CC(C)C. The van der Waals surface area contributed by atoms with Crippen molar-refractivity contribution in [2.75, 3.05) is 53.4 Å². The molecule has 122 valence electrons. The molecule has 0 bridgehead atoms. The van der Waals surface area contributed by atoms with Crippen LogP contribution >= 0.6 is 0 Å². The van der Waals surface area contributed by atoms with Gasteiger partial charge < -0.3 is 20.2 Å². The van der Waals surface area contributed by atoms with Crippen molar-refractivity contribution in [2.24, 2.45) is 5.92 Å². The fourth-order valence-electron chi connectivity index (χ4n) is 2.21. The molecule has 1 atom stereocenters. The third-order valence-electron chi connectivity index (χ3n) is 3.62. The van der Waals surface area contributed by atoms with Gasteiger partial charge in [-0.3, -0.25) is 0 Å². The van der Waals surface area contributed by atoms with E-state index in [-0.39, 0.29) is 12.1 Å². The molecule has 0 saturated heterocycles. The number of rotatable bonds is 12. The molecule has 0 heterocycles. The smallest absolute Gasteiger partial charge is 0.0611 e. The Morgan fingerprint density at radius 2 is 1.80 bits per heavy atom. The fourth-order valence-corrected chi connectivity index (χ4v) is 2.21. The second-order valence-corrected chi connectivity index (χ2v) is 6.89.